The fourth-order valence-electron chi connectivity index (χ4n) is 3.12. The summed E-state index contributed by atoms with van der Waals surface area (Å²) in [5.74, 6) is -0.682. The molecule has 0 unspecified atom stereocenters. The second kappa shape index (κ2) is 8.30. The van der Waals surface area contributed by atoms with Crippen LogP contribution in [0.3, 0.4) is 0 Å². The highest BCUT2D eigenvalue weighted by molar-refractivity contribution is 6.09. The molecule has 8 heteroatoms. The maximum Gasteiger partial charge on any atom is 0.325 e. The summed E-state index contributed by atoms with van der Waals surface area (Å²) in [5.41, 5.74) is 0.292. The summed E-state index contributed by atoms with van der Waals surface area (Å²) in [6.07, 6.45) is 0.960. The van der Waals surface area contributed by atoms with Crippen molar-refractivity contribution in [3.05, 3.63) is 59.9 Å². The average molecular weight is 399 g/mol. The zero-order chi connectivity index (χ0) is 21.0. The smallest absolute Gasteiger partial charge is 0.325 e. The first-order valence-corrected chi connectivity index (χ1v) is 9.13. The summed E-state index contributed by atoms with van der Waals surface area (Å²) in [5, 5.41) is 5.22. The van der Waals surface area contributed by atoms with Crippen molar-refractivity contribution in [2.75, 3.05) is 19.0 Å². The van der Waals surface area contributed by atoms with Crippen molar-refractivity contribution in [1.29, 1.82) is 0 Å². The molecule has 2 N–H and O–H groups in total. The highest BCUT2D eigenvalue weighted by Crippen LogP contribution is 2.24. The van der Waals surface area contributed by atoms with Crippen molar-refractivity contribution in [2.24, 2.45) is 0 Å². The van der Waals surface area contributed by atoms with Gasteiger partial charge in [0.15, 0.2) is 0 Å². The lowest BCUT2D eigenvalue weighted by Crippen LogP contribution is -2.45. The molecule has 1 atom stereocenters. The minimum absolute atomic E-state index is 0.380. The Kier molecular flexibility index (Phi) is 5.81. The quantitative estimate of drug-likeness (QED) is 0.701. The summed E-state index contributed by atoms with van der Waals surface area (Å²) in [6.45, 7) is 1.23. The van der Waals surface area contributed by atoms with Gasteiger partial charge in [0, 0.05) is 5.69 Å². The average Bonchev–Trinajstić information content (AvgIpc) is 2.92. The number of urea groups is 1. The topological polar surface area (TPSA) is 87.7 Å². The van der Waals surface area contributed by atoms with Gasteiger partial charge >= 0.3 is 6.03 Å². The van der Waals surface area contributed by atoms with Gasteiger partial charge in [-0.15, -0.1) is 0 Å². The zero-order valence-electron chi connectivity index (χ0n) is 16.2. The van der Waals surface area contributed by atoms with Gasteiger partial charge in [-0.2, -0.15) is 0 Å². The van der Waals surface area contributed by atoms with Gasteiger partial charge in [0.05, 0.1) is 7.11 Å². The number of methoxy groups -OCH3 is 1. The van der Waals surface area contributed by atoms with Gasteiger partial charge in [-0.05, 0) is 61.7 Å². The molecule has 0 spiro atoms. The van der Waals surface area contributed by atoms with E-state index in [0.717, 1.165) is 16.2 Å². The van der Waals surface area contributed by atoms with Crippen LogP contribution in [0.1, 0.15) is 18.9 Å². The number of anilines is 1. The maximum absolute atomic E-state index is 12.9. The van der Waals surface area contributed by atoms with E-state index in [4.69, 9.17) is 4.74 Å². The minimum atomic E-state index is -1.09. The second-order valence-corrected chi connectivity index (χ2v) is 7.06. The summed E-state index contributed by atoms with van der Waals surface area (Å²) in [4.78, 5) is 38.2. The number of carbonyl (C=O) groups excluding carboxylic acids is 3. The first-order valence-electron chi connectivity index (χ1n) is 9.13. The van der Waals surface area contributed by atoms with E-state index in [9.17, 15) is 18.8 Å². The number of benzene rings is 2. The first-order chi connectivity index (χ1) is 13.8. The monoisotopic (exact) mass is 399 g/mol. The SMILES string of the molecule is COc1ccc(CC[C@@]2(C)NC(=O)N(CC(=O)Nc3ccc(F)cc3)C2=O)cc1. The molecule has 2 aromatic rings. The third kappa shape index (κ3) is 4.71. The molecule has 1 saturated heterocycles. The molecule has 0 aliphatic carbocycles. The van der Waals surface area contributed by atoms with Gasteiger partial charge in [0.2, 0.25) is 5.91 Å². The molecule has 1 aliphatic heterocycles. The van der Waals surface area contributed by atoms with Gasteiger partial charge in [-0.25, -0.2) is 9.18 Å². The number of carbonyl (C=O) groups is 3. The molecular formula is C21H22FN3O4. The highest BCUT2D eigenvalue weighted by Gasteiger charge is 2.47. The number of imide groups is 1. The Morgan fingerprint density at radius 1 is 1.14 bits per heavy atom. The van der Waals surface area contributed by atoms with Gasteiger partial charge < -0.3 is 15.4 Å². The molecule has 0 bridgehead atoms. The Hall–Kier alpha value is -3.42. The molecular weight excluding hydrogens is 377 g/mol. The lowest BCUT2D eigenvalue weighted by Gasteiger charge is -2.21. The Morgan fingerprint density at radius 3 is 2.41 bits per heavy atom. The fraction of sp³-hybridized carbons (Fsp3) is 0.286. The number of amides is 4. The maximum atomic E-state index is 12.9. The van der Waals surface area contributed by atoms with Crippen LogP contribution in [0.15, 0.2) is 48.5 Å². The van der Waals surface area contributed by atoms with Crippen LogP contribution in [0.25, 0.3) is 0 Å². The highest BCUT2D eigenvalue weighted by atomic mass is 19.1. The molecule has 4 amide bonds. The van der Waals surface area contributed by atoms with Crippen molar-refractivity contribution in [3.63, 3.8) is 0 Å². The Labute approximate surface area is 167 Å². The Bertz CT molecular complexity index is 915. The molecule has 0 aromatic heterocycles. The molecule has 1 fully saturated rings. The normalized spacial score (nSPS) is 18.5. The second-order valence-electron chi connectivity index (χ2n) is 7.06. The van der Waals surface area contributed by atoms with Crippen LogP contribution in [0.5, 0.6) is 5.75 Å². The van der Waals surface area contributed by atoms with E-state index in [1.54, 1.807) is 14.0 Å². The van der Waals surface area contributed by atoms with Crippen LogP contribution >= 0.6 is 0 Å². The Balaban J connectivity index is 1.59. The van der Waals surface area contributed by atoms with E-state index < -0.39 is 35.7 Å². The molecule has 0 radical (unpaired) electrons. The number of rotatable bonds is 7. The van der Waals surface area contributed by atoms with Gasteiger partial charge in [-0.3, -0.25) is 14.5 Å². The molecule has 3 rings (SSSR count). The van der Waals surface area contributed by atoms with E-state index in [1.165, 1.54) is 24.3 Å². The largest absolute Gasteiger partial charge is 0.497 e. The summed E-state index contributed by atoms with van der Waals surface area (Å²) in [6, 6.07) is 12.1. The third-order valence-corrected chi connectivity index (χ3v) is 4.85. The number of nitrogens with one attached hydrogen (secondary N) is 2. The summed E-state index contributed by atoms with van der Waals surface area (Å²) in [7, 11) is 1.59. The lowest BCUT2D eigenvalue weighted by atomic mass is 9.93. The van der Waals surface area contributed by atoms with Crippen LogP contribution in [0.2, 0.25) is 0 Å². The van der Waals surface area contributed by atoms with Crippen molar-refractivity contribution in [3.8, 4) is 5.75 Å². The van der Waals surface area contributed by atoms with Crippen LogP contribution < -0.4 is 15.4 Å². The van der Waals surface area contributed by atoms with Crippen LogP contribution in [-0.2, 0) is 16.0 Å². The van der Waals surface area contributed by atoms with E-state index >= 15 is 0 Å². The number of ether oxygens (including phenoxy) is 1. The van der Waals surface area contributed by atoms with E-state index in [0.29, 0.717) is 18.5 Å². The fourth-order valence-corrected chi connectivity index (χ4v) is 3.12. The van der Waals surface area contributed by atoms with Gasteiger partial charge in [-0.1, -0.05) is 12.1 Å². The molecule has 0 saturated carbocycles. The van der Waals surface area contributed by atoms with Gasteiger partial charge in [0.25, 0.3) is 5.91 Å². The number of hydrogen-bond donors (Lipinski definition) is 2. The molecule has 2 aromatic carbocycles. The van der Waals surface area contributed by atoms with Crippen molar-refractivity contribution < 1.29 is 23.5 Å². The number of aryl methyl sites for hydroxylation is 1. The van der Waals surface area contributed by atoms with E-state index in [2.05, 4.69) is 10.6 Å². The van der Waals surface area contributed by atoms with Gasteiger partial charge in [0.1, 0.15) is 23.7 Å². The molecule has 29 heavy (non-hydrogen) atoms. The minimum Gasteiger partial charge on any atom is -0.497 e. The zero-order valence-corrected chi connectivity index (χ0v) is 16.2. The van der Waals surface area contributed by atoms with Crippen molar-refractivity contribution in [1.82, 2.24) is 10.2 Å². The summed E-state index contributed by atoms with van der Waals surface area (Å²) < 4.78 is 18.1. The third-order valence-electron chi connectivity index (χ3n) is 4.85. The van der Waals surface area contributed by atoms with E-state index in [-0.39, 0.29) is 0 Å². The molecule has 152 valence electrons. The molecule has 1 heterocycles. The first kappa shape index (κ1) is 20.3. The summed E-state index contributed by atoms with van der Waals surface area (Å²) >= 11 is 0. The van der Waals surface area contributed by atoms with Crippen LogP contribution in [0.4, 0.5) is 14.9 Å². The van der Waals surface area contributed by atoms with Crippen LogP contribution in [-0.4, -0.2) is 41.9 Å². The number of halogens is 1. The predicted molar refractivity (Wildman–Crippen MR) is 105 cm³/mol. The van der Waals surface area contributed by atoms with Crippen molar-refractivity contribution >= 4 is 23.5 Å². The van der Waals surface area contributed by atoms with Crippen LogP contribution in [0, 0.1) is 5.82 Å². The van der Waals surface area contributed by atoms with E-state index in [1.807, 2.05) is 24.3 Å². The number of nitrogens with zero attached hydrogens (tertiary/aromatic N) is 1. The Morgan fingerprint density at radius 2 is 1.79 bits per heavy atom. The standard InChI is InChI=1S/C21H22FN3O4/c1-21(12-11-14-3-9-17(29-2)10-4-14)19(27)25(20(28)24-21)13-18(26)23-16-7-5-15(22)6-8-16/h3-10H,11-13H2,1-2H3,(H,23,26)(H,24,28)/t21-/m1/s1. The lowest BCUT2D eigenvalue weighted by molar-refractivity contribution is -0.133. The van der Waals surface area contributed by atoms with Crippen molar-refractivity contribution in [2.45, 2.75) is 25.3 Å². The molecule has 7 nitrogen and oxygen atoms in total. The molecule has 1 aliphatic rings. The predicted octanol–water partition coefficient (Wildman–Crippen LogP) is 2.72. The number of hydrogen-bond acceptors (Lipinski definition) is 4.